The maximum atomic E-state index is 11.9. The number of rotatable bonds is 5. The van der Waals surface area contributed by atoms with Gasteiger partial charge in [-0.2, -0.15) is 4.72 Å². The van der Waals surface area contributed by atoms with Crippen LogP contribution in [0, 0.1) is 6.92 Å². The van der Waals surface area contributed by atoms with Gasteiger partial charge in [0.1, 0.15) is 6.04 Å². The topological polar surface area (TPSA) is 92.7 Å². The molecule has 0 fully saturated rings. The van der Waals surface area contributed by atoms with Gasteiger partial charge in [-0.1, -0.05) is 17.7 Å². The number of carbonyl (C=O) groups excluding carboxylic acids is 1. The highest BCUT2D eigenvalue weighted by Gasteiger charge is 2.25. The summed E-state index contributed by atoms with van der Waals surface area (Å²) >= 11 is 0. The van der Waals surface area contributed by atoms with Crippen molar-refractivity contribution in [3.8, 4) is 0 Å². The summed E-state index contributed by atoms with van der Waals surface area (Å²) in [4.78, 5) is 11.2. The van der Waals surface area contributed by atoms with Crippen molar-refractivity contribution >= 4 is 16.0 Å². The van der Waals surface area contributed by atoms with Crippen LogP contribution < -0.4 is 4.72 Å². The van der Waals surface area contributed by atoms with Gasteiger partial charge in [0, 0.05) is 0 Å². The summed E-state index contributed by atoms with van der Waals surface area (Å²) < 4.78 is 30.3. The number of hydrogen-bond donors (Lipinski definition) is 2. The van der Waals surface area contributed by atoms with Crippen LogP contribution in [-0.4, -0.2) is 39.3 Å². The summed E-state index contributed by atoms with van der Waals surface area (Å²) in [5.74, 6) is -0.840. The van der Waals surface area contributed by atoms with E-state index < -0.39 is 28.6 Å². The first-order chi connectivity index (χ1) is 8.40. The third-order valence-electron chi connectivity index (χ3n) is 2.30. The molecular weight excluding hydrogens is 258 g/mol. The van der Waals surface area contributed by atoms with E-state index in [0.717, 1.165) is 12.7 Å². The Bertz CT molecular complexity index is 509. The molecule has 2 N–H and O–H groups in total. The Labute approximate surface area is 106 Å². The summed E-state index contributed by atoms with van der Waals surface area (Å²) in [6.45, 7) is 1.16. The number of sulfonamides is 1. The van der Waals surface area contributed by atoms with Crippen molar-refractivity contribution in [2.24, 2.45) is 0 Å². The maximum absolute atomic E-state index is 11.9. The number of ether oxygens (including phenoxy) is 1. The van der Waals surface area contributed by atoms with Crippen LogP contribution in [0.3, 0.4) is 0 Å². The second kappa shape index (κ2) is 5.94. The number of aliphatic hydroxyl groups excluding tert-OH is 1. The normalized spacial score (nSPS) is 13.1. The van der Waals surface area contributed by atoms with Crippen LogP contribution in [0.2, 0.25) is 0 Å². The fourth-order valence-corrected chi connectivity index (χ4v) is 2.45. The van der Waals surface area contributed by atoms with Gasteiger partial charge in [0.2, 0.25) is 10.0 Å². The lowest BCUT2D eigenvalue weighted by molar-refractivity contribution is -0.143. The standard InChI is InChI=1S/C11H15NO5S/c1-8-3-5-9(6-4-8)18(15,16)12-10(7-13)11(14)17-2/h3-6,10,12-13H,7H2,1-2H3/t10-/m0/s1. The molecule has 0 heterocycles. The second-order valence-corrected chi connectivity index (χ2v) is 5.41. The number of aliphatic hydroxyl groups is 1. The highest BCUT2D eigenvalue weighted by Crippen LogP contribution is 2.10. The average molecular weight is 273 g/mol. The van der Waals surface area contributed by atoms with Crippen LogP contribution in [0.25, 0.3) is 0 Å². The minimum Gasteiger partial charge on any atom is -0.468 e. The first-order valence-corrected chi connectivity index (χ1v) is 6.66. The molecule has 18 heavy (non-hydrogen) atoms. The van der Waals surface area contributed by atoms with Crippen molar-refractivity contribution < 1.29 is 23.1 Å². The monoisotopic (exact) mass is 273 g/mol. The Morgan fingerprint density at radius 3 is 2.39 bits per heavy atom. The summed E-state index contributed by atoms with van der Waals surface area (Å²) in [7, 11) is -2.74. The first-order valence-electron chi connectivity index (χ1n) is 5.18. The van der Waals surface area contributed by atoms with E-state index in [1.54, 1.807) is 12.1 Å². The predicted octanol–water partition coefficient (Wildman–Crippen LogP) is -0.193. The van der Waals surface area contributed by atoms with Crippen LogP contribution in [0.4, 0.5) is 0 Å². The van der Waals surface area contributed by atoms with Crippen molar-refractivity contribution in [2.75, 3.05) is 13.7 Å². The molecule has 0 aliphatic rings. The Balaban J connectivity index is 2.94. The molecule has 0 unspecified atom stereocenters. The Morgan fingerprint density at radius 1 is 1.39 bits per heavy atom. The van der Waals surface area contributed by atoms with Gasteiger partial charge in [0.05, 0.1) is 18.6 Å². The number of nitrogens with one attached hydrogen (secondary N) is 1. The molecule has 0 bridgehead atoms. The van der Waals surface area contributed by atoms with E-state index in [-0.39, 0.29) is 4.90 Å². The van der Waals surface area contributed by atoms with Crippen LogP contribution in [0.15, 0.2) is 29.2 Å². The van der Waals surface area contributed by atoms with E-state index in [9.17, 15) is 13.2 Å². The van der Waals surface area contributed by atoms with Crippen LogP contribution in [0.5, 0.6) is 0 Å². The van der Waals surface area contributed by atoms with Crippen molar-refractivity contribution in [3.63, 3.8) is 0 Å². The minimum absolute atomic E-state index is 0.0236. The van der Waals surface area contributed by atoms with E-state index >= 15 is 0 Å². The van der Waals surface area contributed by atoms with Gasteiger partial charge >= 0.3 is 5.97 Å². The SMILES string of the molecule is COC(=O)[C@H](CO)NS(=O)(=O)c1ccc(C)cc1. The van der Waals surface area contributed by atoms with E-state index in [1.165, 1.54) is 12.1 Å². The van der Waals surface area contributed by atoms with Gasteiger partial charge < -0.3 is 9.84 Å². The Hall–Kier alpha value is -1.44. The lowest BCUT2D eigenvalue weighted by Crippen LogP contribution is -2.43. The molecule has 1 rings (SSSR count). The summed E-state index contributed by atoms with van der Waals surface area (Å²) in [6, 6.07) is 4.81. The van der Waals surface area contributed by atoms with Crippen molar-refractivity contribution in [1.29, 1.82) is 0 Å². The molecule has 0 spiro atoms. The third-order valence-corrected chi connectivity index (χ3v) is 3.78. The first kappa shape index (κ1) is 14.6. The van der Waals surface area contributed by atoms with E-state index in [2.05, 4.69) is 9.46 Å². The number of methoxy groups -OCH3 is 1. The highest BCUT2D eigenvalue weighted by atomic mass is 32.2. The van der Waals surface area contributed by atoms with Gasteiger partial charge in [0.25, 0.3) is 0 Å². The summed E-state index contributed by atoms with van der Waals surface area (Å²) in [5.41, 5.74) is 0.917. The molecule has 1 aromatic rings. The van der Waals surface area contributed by atoms with E-state index in [0.29, 0.717) is 0 Å². The van der Waals surface area contributed by atoms with Crippen LogP contribution in [0.1, 0.15) is 5.56 Å². The number of hydrogen-bond acceptors (Lipinski definition) is 5. The molecule has 100 valence electrons. The Morgan fingerprint density at radius 2 is 1.94 bits per heavy atom. The summed E-state index contributed by atoms with van der Waals surface area (Å²) in [6.07, 6.45) is 0. The molecule has 0 saturated heterocycles. The molecule has 6 nitrogen and oxygen atoms in total. The zero-order valence-corrected chi connectivity index (χ0v) is 10.9. The molecule has 0 aliphatic heterocycles. The Kier molecular flexibility index (Phi) is 4.83. The van der Waals surface area contributed by atoms with Crippen molar-refractivity contribution in [2.45, 2.75) is 17.9 Å². The van der Waals surface area contributed by atoms with E-state index in [4.69, 9.17) is 5.11 Å². The molecular formula is C11H15NO5S. The average Bonchev–Trinajstić information content (AvgIpc) is 2.35. The fraction of sp³-hybridized carbons (Fsp3) is 0.364. The molecule has 0 saturated carbocycles. The van der Waals surface area contributed by atoms with Gasteiger partial charge in [-0.15, -0.1) is 0 Å². The molecule has 1 atom stereocenters. The van der Waals surface area contributed by atoms with Crippen molar-refractivity contribution in [1.82, 2.24) is 4.72 Å². The van der Waals surface area contributed by atoms with Gasteiger partial charge in [-0.25, -0.2) is 8.42 Å². The number of benzene rings is 1. The van der Waals surface area contributed by atoms with Crippen LogP contribution >= 0.6 is 0 Å². The van der Waals surface area contributed by atoms with E-state index in [1.807, 2.05) is 6.92 Å². The molecule has 0 aliphatic carbocycles. The number of aryl methyl sites for hydroxylation is 1. The van der Waals surface area contributed by atoms with Gasteiger partial charge in [-0.05, 0) is 19.1 Å². The minimum atomic E-state index is -3.85. The second-order valence-electron chi connectivity index (χ2n) is 3.69. The third kappa shape index (κ3) is 3.52. The fourth-order valence-electron chi connectivity index (χ4n) is 1.27. The quantitative estimate of drug-likeness (QED) is 0.725. The van der Waals surface area contributed by atoms with Crippen LogP contribution in [-0.2, 0) is 19.6 Å². The molecule has 0 aromatic heterocycles. The number of esters is 1. The smallest absolute Gasteiger partial charge is 0.326 e. The molecule has 0 amide bonds. The molecule has 0 radical (unpaired) electrons. The summed E-state index contributed by atoms with van der Waals surface area (Å²) in [5, 5.41) is 8.95. The predicted molar refractivity (Wildman–Crippen MR) is 64.4 cm³/mol. The molecule has 7 heteroatoms. The molecule has 1 aromatic carbocycles. The van der Waals surface area contributed by atoms with Crippen molar-refractivity contribution in [3.05, 3.63) is 29.8 Å². The van der Waals surface area contributed by atoms with Gasteiger partial charge in [-0.3, -0.25) is 4.79 Å². The maximum Gasteiger partial charge on any atom is 0.326 e. The zero-order valence-electron chi connectivity index (χ0n) is 10.1. The highest BCUT2D eigenvalue weighted by molar-refractivity contribution is 7.89. The lowest BCUT2D eigenvalue weighted by Gasteiger charge is -2.14. The number of carbonyl (C=O) groups is 1. The zero-order chi connectivity index (χ0) is 13.8. The van der Waals surface area contributed by atoms with Gasteiger partial charge in [0.15, 0.2) is 0 Å². The lowest BCUT2D eigenvalue weighted by atomic mass is 10.2. The largest absolute Gasteiger partial charge is 0.468 e.